The summed E-state index contributed by atoms with van der Waals surface area (Å²) < 4.78 is 5.75. The van der Waals surface area contributed by atoms with Crippen molar-refractivity contribution in [2.24, 2.45) is 0 Å². The fourth-order valence-corrected chi connectivity index (χ4v) is 2.08. The number of oxazole rings is 1. The topological polar surface area (TPSA) is 38.1 Å². The van der Waals surface area contributed by atoms with Crippen molar-refractivity contribution in [2.75, 3.05) is 0 Å². The third-order valence-corrected chi connectivity index (χ3v) is 3.62. The SMILES string of the molecule is Cc1c(Cl)cccc1-c1cnc(CNC2CC2)o1. The standard InChI is InChI=1S/C14H15ClN2O/c1-9-11(3-2-4-12(9)15)13-7-17-14(18-13)8-16-10-5-6-10/h2-4,7,10,16H,5-6,8H2,1H3. The Morgan fingerprint density at radius 3 is 3.06 bits per heavy atom. The smallest absolute Gasteiger partial charge is 0.208 e. The van der Waals surface area contributed by atoms with Crippen molar-refractivity contribution >= 4 is 11.6 Å². The molecule has 0 bridgehead atoms. The zero-order chi connectivity index (χ0) is 12.5. The molecule has 3 rings (SSSR count). The molecule has 0 radical (unpaired) electrons. The molecule has 1 aromatic heterocycles. The van der Waals surface area contributed by atoms with E-state index in [-0.39, 0.29) is 0 Å². The average Bonchev–Trinajstić information content (AvgIpc) is 3.08. The summed E-state index contributed by atoms with van der Waals surface area (Å²) >= 11 is 6.11. The first-order valence-corrected chi connectivity index (χ1v) is 6.55. The van der Waals surface area contributed by atoms with Crippen molar-refractivity contribution in [2.45, 2.75) is 32.4 Å². The van der Waals surface area contributed by atoms with Crippen LogP contribution < -0.4 is 5.32 Å². The first kappa shape index (κ1) is 11.8. The Kier molecular flexibility index (Phi) is 3.10. The van der Waals surface area contributed by atoms with Crippen molar-refractivity contribution in [1.29, 1.82) is 0 Å². The number of hydrogen-bond acceptors (Lipinski definition) is 3. The zero-order valence-electron chi connectivity index (χ0n) is 10.2. The molecule has 0 spiro atoms. The van der Waals surface area contributed by atoms with Crippen molar-refractivity contribution in [1.82, 2.24) is 10.3 Å². The van der Waals surface area contributed by atoms with Crippen LogP contribution >= 0.6 is 11.6 Å². The monoisotopic (exact) mass is 262 g/mol. The number of aromatic nitrogens is 1. The van der Waals surface area contributed by atoms with E-state index in [1.807, 2.05) is 25.1 Å². The van der Waals surface area contributed by atoms with Crippen molar-refractivity contribution < 1.29 is 4.42 Å². The molecule has 1 fully saturated rings. The summed E-state index contributed by atoms with van der Waals surface area (Å²) in [5.74, 6) is 1.51. The van der Waals surface area contributed by atoms with Gasteiger partial charge in [0.15, 0.2) is 5.76 Å². The highest BCUT2D eigenvalue weighted by molar-refractivity contribution is 6.31. The second-order valence-corrected chi connectivity index (χ2v) is 5.09. The van der Waals surface area contributed by atoms with Gasteiger partial charge in [-0.25, -0.2) is 4.98 Å². The van der Waals surface area contributed by atoms with E-state index < -0.39 is 0 Å². The maximum absolute atomic E-state index is 6.11. The number of benzene rings is 1. The van der Waals surface area contributed by atoms with Gasteiger partial charge in [0.2, 0.25) is 5.89 Å². The fraction of sp³-hybridized carbons (Fsp3) is 0.357. The summed E-state index contributed by atoms with van der Waals surface area (Å²) in [5.41, 5.74) is 2.03. The summed E-state index contributed by atoms with van der Waals surface area (Å²) in [6.07, 6.45) is 4.30. The molecule has 1 heterocycles. The molecule has 0 atom stereocenters. The molecule has 0 amide bonds. The molecule has 3 nitrogen and oxygen atoms in total. The average molecular weight is 263 g/mol. The predicted octanol–water partition coefficient (Wildman–Crippen LogP) is 3.56. The van der Waals surface area contributed by atoms with Gasteiger partial charge in [-0.3, -0.25) is 0 Å². The van der Waals surface area contributed by atoms with Crippen molar-refractivity contribution in [3.8, 4) is 11.3 Å². The number of nitrogens with one attached hydrogen (secondary N) is 1. The Morgan fingerprint density at radius 2 is 2.28 bits per heavy atom. The first-order valence-electron chi connectivity index (χ1n) is 6.17. The first-order chi connectivity index (χ1) is 8.74. The van der Waals surface area contributed by atoms with Gasteiger partial charge in [-0.15, -0.1) is 0 Å². The fourth-order valence-electron chi connectivity index (χ4n) is 1.91. The van der Waals surface area contributed by atoms with Gasteiger partial charge >= 0.3 is 0 Å². The highest BCUT2D eigenvalue weighted by Gasteiger charge is 2.21. The van der Waals surface area contributed by atoms with Gasteiger partial charge in [0.25, 0.3) is 0 Å². The molecule has 4 heteroatoms. The minimum atomic E-state index is 0.660. The lowest BCUT2D eigenvalue weighted by Crippen LogP contribution is -2.15. The molecular weight excluding hydrogens is 248 g/mol. The highest BCUT2D eigenvalue weighted by Crippen LogP contribution is 2.29. The van der Waals surface area contributed by atoms with E-state index in [0.717, 1.165) is 27.8 Å². The van der Waals surface area contributed by atoms with Crippen molar-refractivity contribution in [3.63, 3.8) is 0 Å². The summed E-state index contributed by atoms with van der Waals surface area (Å²) in [5, 5.41) is 4.13. The molecule has 18 heavy (non-hydrogen) atoms. The minimum absolute atomic E-state index is 0.660. The summed E-state index contributed by atoms with van der Waals surface area (Å²) in [6, 6.07) is 6.47. The number of hydrogen-bond donors (Lipinski definition) is 1. The van der Waals surface area contributed by atoms with Crippen LogP contribution in [-0.2, 0) is 6.54 Å². The molecule has 1 N–H and O–H groups in total. The molecule has 0 aliphatic heterocycles. The largest absolute Gasteiger partial charge is 0.439 e. The molecule has 0 unspecified atom stereocenters. The van der Waals surface area contributed by atoms with Crippen LogP contribution in [0.25, 0.3) is 11.3 Å². The highest BCUT2D eigenvalue weighted by atomic mass is 35.5. The molecule has 1 aromatic carbocycles. The van der Waals surface area contributed by atoms with Gasteiger partial charge < -0.3 is 9.73 Å². The van der Waals surface area contributed by atoms with Gasteiger partial charge in [-0.1, -0.05) is 23.7 Å². The summed E-state index contributed by atoms with van der Waals surface area (Å²) in [4.78, 5) is 4.29. The van der Waals surface area contributed by atoms with Gasteiger partial charge in [-0.2, -0.15) is 0 Å². The van der Waals surface area contributed by atoms with Crippen LogP contribution in [0.15, 0.2) is 28.8 Å². The number of rotatable bonds is 4. The lowest BCUT2D eigenvalue weighted by Gasteiger charge is -2.03. The Hall–Kier alpha value is -1.32. The van der Waals surface area contributed by atoms with Gasteiger partial charge in [0.1, 0.15) is 0 Å². The minimum Gasteiger partial charge on any atom is -0.439 e. The lowest BCUT2D eigenvalue weighted by molar-refractivity contribution is 0.476. The zero-order valence-corrected chi connectivity index (χ0v) is 11.0. The predicted molar refractivity (Wildman–Crippen MR) is 71.5 cm³/mol. The second kappa shape index (κ2) is 4.75. The summed E-state index contributed by atoms with van der Waals surface area (Å²) in [6.45, 7) is 2.69. The molecular formula is C14H15ClN2O. The Morgan fingerprint density at radius 1 is 1.44 bits per heavy atom. The van der Waals surface area contributed by atoms with E-state index >= 15 is 0 Å². The van der Waals surface area contributed by atoms with E-state index in [9.17, 15) is 0 Å². The van der Waals surface area contributed by atoms with E-state index in [1.54, 1.807) is 6.20 Å². The molecule has 1 aliphatic carbocycles. The lowest BCUT2D eigenvalue weighted by atomic mass is 10.1. The molecule has 1 aliphatic rings. The Balaban J connectivity index is 1.80. The molecule has 94 valence electrons. The van der Waals surface area contributed by atoms with E-state index in [0.29, 0.717) is 12.6 Å². The number of nitrogens with zero attached hydrogens (tertiary/aromatic N) is 1. The van der Waals surface area contributed by atoms with Crippen LogP contribution in [0.2, 0.25) is 5.02 Å². The summed E-state index contributed by atoms with van der Waals surface area (Å²) in [7, 11) is 0. The van der Waals surface area contributed by atoms with Crippen molar-refractivity contribution in [3.05, 3.63) is 40.9 Å². The maximum Gasteiger partial charge on any atom is 0.208 e. The third-order valence-electron chi connectivity index (χ3n) is 3.21. The molecule has 0 saturated heterocycles. The molecule has 1 saturated carbocycles. The van der Waals surface area contributed by atoms with Crippen LogP contribution in [-0.4, -0.2) is 11.0 Å². The Labute approximate surface area is 111 Å². The Bertz CT molecular complexity index is 561. The van der Waals surface area contributed by atoms with Gasteiger partial charge in [-0.05, 0) is 31.4 Å². The van der Waals surface area contributed by atoms with Gasteiger partial charge in [0, 0.05) is 16.6 Å². The normalized spacial score (nSPS) is 15.0. The van der Waals surface area contributed by atoms with Crippen LogP contribution in [0.5, 0.6) is 0 Å². The molecule has 2 aromatic rings. The quantitative estimate of drug-likeness (QED) is 0.916. The second-order valence-electron chi connectivity index (χ2n) is 4.69. The van der Waals surface area contributed by atoms with Crippen LogP contribution in [0, 0.1) is 6.92 Å². The van der Waals surface area contributed by atoms with Crippen LogP contribution in [0.4, 0.5) is 0 Å². The van der Waals surface area contributed by atoms with E-state index in [1.165, 1.54) is 12.8 Å². The third kappa shape index (κ3) is 2.42. The maximum atomic E-state index is 6.11. The van der Waals surface area contributed by atoms with Crippen LogP contribution in [0.1, 0.15) is 24.3 Å². The van der Waals surface area contributed by atoms with E-state index in [2.05, 4.69) is 10.3 Å². The van der Waals surface area contributed by atoms with Gasteiger partial charge in [0.05, 0.1) is 12.7 Å². The van der Waals surface area contributed by atoms with Crippen LogP contribution in [0.3, 0.4) is 0 Å². The van der Waals surface area contributed by atoms with E-state index in [4.69, 9.17) is 16.0 Å². The number of halogens is 1.